The van der Waals surface area contributed by atoms with Crippen molar-refractivity contribution in [1.82, 2.24) is 5.32 Å². The Balaban J connectivity index is 1.46. The predicted octanol–water partition coefficient (Wildman–Crippen LogP) is 1.46. The highest BCUT2D eigenvalue weighted by Crippen LogP contribution is 2.08. The summed E-state index contributed by atoms with van der Waals surface area (Å²) < 4.78 is 16.5. The summed E-state index contributed by atoms with van der Waals surface area (Å²) in [5.41, 5.74) is 0. The Morgan fingerprint density at radius 3 is 2.89 bits per heavy atom. The monoisotopic (exact) mass is 251 g/mol. The maximum absolute atomic E-state index is 5.60. The lowest BCUT2D eigenvalue weighted by Crippen LogP contribution is -2.37. The highest BCUT2D eigenvalue weighted by Gasteiger charge is 2.12. The molecule has 1 fully saturated rings. The third kappa shape index (κ3) is 5.04. The van der Waals surface area contributed by atoms with Crippen molar-refractivity contribution in [2.24, 2.45) is 0 Å². The molecule has 1 aromatic carbocycles. The second kappa shape index (κ2) is 8.08. The van der Waals surface area contributed by atoms with Gasteiger partial charge in [-0.3, -0.25) is 0 Å². The fourth-order valence-corrected chi connectivity index (χ4v) is 1.82. The van der Waals surface area contributed by atoms with Crippen LogP contribution in [0.25, 0.3) is 0 Å². The zero-order chi connectivity index (χ0) is 12.5. The van der Waals surface area contributed by atoms with E-state index in [-0.39, 0.29) is 6.10 Å². The van der Waals surface area contributed by atoms with Gasteiger partial charge in [0.25, 0.3) is 0 Å². The van der Waals surface area contributed by atoms with E-state index in [9.17, 15) is 0 Å². The average molecular weight is 251 g/mol. The predicted molar refractivity (Wildman–Crippen MR) is 70.0 cm³/mol. The van der Waals surface area contributed by atoms with E-state index in [2.05, 4.69) is 5.32 Å². The first-order valence-corrected chi connectivity index (χ1v) is 6.53. The molecule has 1 heterocycles. The van der Waals surface area contributed by atoms with Crippen LogP contribution >= 0.6 is 0 Å². The average Bonchev–Trinajstić information content (AvgIpc) is 2.45. The summed E-state index contributed by atoms with van der Waals surface area (Å²) in [4.78, 5) is 0. The zero-order valence-electron chi connectivity index (χ0n) is 10.6. The number of rotatable bonds is 7. The van der Waals surface area contributed by atoms with E-state index in [0.29, 0.717) is 13.2 Å². The van der Waals surface area contributed by atoms with E-state index in [1.54, 1.807) is 0 Å². The number of hydrogen-bond donors (Lipinski definition) is 1. The number of benzene rings is 1. The van der Waals surface area contributed by atoms with Gasteiger partial charge in [-0.2, -0.15) is 0 Å². The van der Waals surface area contributed by atoms with Gasteiger partial charge in [-0.25, -0.2) is 0 Å². The van der Waals surface area contributed by atoms with Crippen molar-refractivity contribution in [3.63, 3.8) is 0 Å². The number of para-hydroxylation sites is 1. The van der Waals surface area contributed by atoms with E-state index in [1.807, 2.05) is 30.3 Å². The summed E-state index contributed by atoms with van der Waals surface area (Å²) in [7, 11) is 0. The third-order valence-corrected chi connectivity index (χ3v) is 2.77. The number of nitrogens with one attached hydrogen (secondary N) is 1. The summed E-state index contributed by atoms with van der Waals surface area (Å²) in [6.07, 6.45) is 1.19. The molecule has 2 rings (SSSR count). The zero-order valence-corrected chi connectivity index (χ0v) is 10.6. The van der Waals surface area contributed by atoms with Crippen LogP contribution in [0.4, 0.5) is 0 Å². The second-order valence-electron chi connectivity index (χ2n) is 4.29. The van der Waals surface area contributed by atoms with Gasteiger partial charge in [0.2, 0.25) is 0 Å². The highest BCUT2D eigenvalue weighted by atomic mass is 16.6. The molecule has 0 bridgehead atoms. The van der Waals surface area contributed by atoms with Crippen molar-refractivity contribution in [2.45, 2.75) is 12.5 Å². The van der Waals surface area contributed by atoms with Crippen LogP contribution in [0, 0.1) is 0 Å². The van der Waals surface area contributed by atoms with Crippen LogP contribution in [0.5, 0.6) is 5.75 Å². The molecule has 1 aliphatic rings. The summed E-state index contributed by atoms with van der Waals surface area (Å²) in [5, 5.41) is 3.36. The highest BCUT2D eigenvalue weighted by molar-refractivity contribution is 5.20. The second-order valence-corrected chi connectivity index (χ2v) is 4.29. The molecule has 4 nitrogen and oxygen atoms in total. The molecule has 0 spiro atoms. The fourth-order valence-electron chi connectivity index (χ4n) is 1.82. The van der Waals surface area contributed by atoms with Gasteiger partial charge in [0, 0.05) is 6.54 Å². The minimum absolute atomic E-state index is 0.203. The molecular weight excluding hydrogens is 230 g/mol. The van der Waals surface area contributed by atoms with E-state index < -0.39 is 0 Å². The van der Waals surface area contributed by atoms with Crippen molar-refractivity contribution < 1.29 is 14.2 Å². The molecule has 0 aromatic heterocycles. The Bertz CT molecular complexity index is 312. The molecule has 1 atom stereocenters. The van der Waals surface area contributed by atoms with Gasteiger partial charge in [-0.1, -0.05) is 18.2 Å². The minimum Gasteiger partial charge on any atom is -0.494 e. The van der Waals surface area contributed by atoms with Crippen LogP contribution in [0.3, 0.4) is 0 Å². The maximum atomic E-state index is 5.60. The molecule has 0 saturated carbocycles. The van der Waals surface area contributed by atoms with Crippen molar-refractivity contribution in [3.8, 4) is 5.75 Å². The Kier molecular flexibility index (Phi) is 5.99. The summed E-state index contributed by atoms with van der Waals surface area (Å²) in [5.74, 6) is 0.932. The molecule has 4 heteroatoms. The largest absolute Gasteiger partial charge is 0.494 e. The molecule has 1 aliphatic heterocycles. The molecule has 100 valence electrons. The van der Waals surface area contributed by atoms with E-state index >= 15 is 0 Å². The van der Waals surface area contributed by atoms with Crippen LogP contribution < -0.4 is 10.1 Å². The minimum atomic E-state index is 0.203. The normalized spacial score (nSPS) is 19.7. The Hall–Kier alpha value is -1.10. The van der Waals surface area contributed by atoms with E-state index in [1.165, 1.54) is 0 Å². The first kappa shape index (κ1) is 13.3. The van der Waals surface area contributed by atoms with Gasteiger partial charge in [0.05, 0.1) is 32.5 Å². The lowest BCUT2D eigenvalue weighted by molar-refractivity contribution is -0.0863. The molecule has 1 N–H and O–H groups in total. The van der Waals surface area contributed by atoms with Gasteiger partial charge in [-0.05, 0) is 25.1 Å². The molecule has 0 aliphatic carbocycles. The van der Waals surface area contributed by atoms with Gasteiger partial charge < -0.3 is 19.5 Å². The summed E-state index contributed by atoms with van der Waals surface area (Å²) in [6, 6.07) is 9.89. The first-order chi connectivity index (χ1) is 8.95. The molecular formula is C14H21NO3. The fraction of sp³-hybridized carbons (Fsp3) is 0.571. The standard InChI is InChI=1S/C14H21NO3/c1-2-5-13(6-3-1)17-8-4-7-15-11-14-12-16-9-10-18-14/h1-3,5-6,14-15H,4,7-12H2. The molecule has 1 saturated heterocycles. The third-order valence-electron chi connectivity index (χ3n) is 2.77. The molecule has 0 radical (unpaired) electrons. The lowest BCUT2D eigenvalue weighted by Gasteiger charge is -2.23. The van der Waals surface area contributed by atoms with Gasteiger partial charge in [0.1, 0.15) is 5.75 Å². The van der Waals surface area contributed by atoms with Crippen LogP contribution in [-0.2, 0) is 9.47 Å². The van der Waals surface area contributed by atoms with Crippen molar-refractivity contribution in [3.05, 3.63) is 30.3 Å². The number of ether oxygens (including phenoxy) is 3. The Morgan fingerprint density at radius 2 is 2.11 bits per heavy atom. The lowest BCUT2D eigenvalue weighted by atomic mass is 10.3. The van der Waals surface area contributed by atoms with Crippen molar-refractivity contribution in [1.29, 1.82) is 0 Å². The number of hydrogen-bond acceptors (Lipinski definition) is 4. The first-order valence-electron chi connectivity index (χ1n) is 6.53. The molecule has 1 unspecified atom stereocenters. The molecule has 18 heavy (non-hydrogen) atoms. The Morgan fingerprint density at radius 1 is 1.22 bits per heavy atom. The van der Waals surface area contributed by atoms with E-state index in [0.717, 1.165) is 38.5 Å². The van der Waals surface area contributed by atoms with Gasteiger partial charge >= 0.3 is 0 Å². The van der Waals surface area contributed by atoms with Crippen LogP contribution in [0.2, 0.25) is 0 Å². The quantitative estimate of drug-likeness (QED) is 0.745. The van der Waals surface area contributed by atoms with E-state index in [4.69, 9.17) is 14.2 Å². The smallest absolute Gasteiger partial charge is 0.119 e. The van der Waals surface area contributed by atoms with Crippen LogP contribution in [-0.4, -0.2) is 45.6 Å². The van der Waals surface area contributed by atoms with Crippen LogP contribution in [0.15, 0.2) is 30.3 Å². The maximum Gasteiger partial charge on any atom is 0.119 e. The molecule has 1 aromatic rings. The molecule has 0 amide bonds. The van der Waals surface area contributed by atoms with Crippen molar-refractivity contribution >= 4 is 0 Å². The SMILES string of the molecule is c1ccc(OCCCNCC2COCCO2)cc1. The van der Waals surface area contributed by atoms with Gasteiger partial charge in [0.15, 0.2) is 0 Å². The summed E-state index contributed by atoms with van der Waals surface area (Å²) >= 11 is 0. The van der Waals surface area contributed by atoms with Crippen LogP contribution in [0.1, 0.15) is 6.42 Å². The summed E-state index contributed by atoms with van der Waals surface area (Å²) in [6.45, 7) is 4.66. The van der Waals surface area contributed by atoms with Crippen molar-refractivity contribution in [2.75, 3.05) is 39.5 Å². The van der Waals surface area contributed by atoms with Gasteiger partial charge in [-0.15, -0.1) is 0 Å². The Labute approximate surface area is 108 Å². The topological polar surface area (TPSA) is 39.7 Å².